The molecule has 286 valence electrons. The van der Waals surface area contributed by atoms with Crippen LogP contribution >= 0.6 is 0 Å². The largest absolute Gasteiger partial charge is 0.374 e. The van der Waals surface area contributed by atoms with Crippen LogP contribution in [0.1, 0.15) is 36.4 Å². The molecule has 3 aliphatic rings. The molecule has 7 aromatic carbocycles. The molecule has 0 radical (unpaired) electrons. The van der Waals surface area contributed by atoms with Gasteiger partial charge in [0.2, 0.25) is 0 Å². The summed E-state index contributed by atoms with van der Waals surface area (Å²) in [6.45, 7) is 0. The summed E-state index contributed by atoms with van der Waals surface area (Å²) in [6.07, 6.45) is 19.7. The molecule has 1 aliphatic heterocycles. The van der Waals surface area contributed by atoms with Crippen LogP contribution in [0.25, 0.3) is 83.8 Å². The Morgan fingerprint density at radius 1 is 0.483 bits per heavy atom. The van der Waals surface area contributed by atoms with Crippen LogP contribution < -0.4 is 15.8 Å². The van der Waals surface area contributed by atoms with Gasteiger partial charge in [0.25, 0.3) is 0 Å². The van der Waals surface area contributed by atoms with Gasteiger partial charge in [0.05, 0.1) is 23.1 Å². The number of nitrogens with one attached hydrogen (secondary N) is 1. The summed E-state index contributed by atoms with van der Waals surface area (Å²) in [5, 5.41) is 11.6. The van der Waals surface area contributed by atoms with E-state index in [2.05, 4.69) is 221 Å². The van der Waals surface area contributed by atoms with Crippen molar-refractivity contribution in [3.05, 3.63) is 221 Å². The summed E-state index contributed by atoms with van der Waals surface area (Å²) in [5.41, 5.74) is 14.6. The number of para-hydroxylation sites is 2. The zero-order valence-electron chi connectivity index (χ0n) is 33.3. The maximum Gasteiger partial charge on any atom is 0.0704 e. The van der Waals surface area contributed by atoms with Crippen LogP contribution in [0.3, 0.4) is 0 Å². The van der Waals surface area contributed by atoms with Crippen LogP contribution in [0.15, 0.2) is 200 Å². The second kappa shape index (κ2) is 14.2. The van der Waals surface area contributed by atoms with E-state index in [1.54, 1.807) is 0 Å². The van der Waals surface area contributed by atoms with Crippen molar-refractivity contribution in [3.63, 3.8) is 0 Å². The molecular weight excluding hydrogens is 727 g/mol. The molecule has 3 nitrogen and oxygen atoms in total. The standard InChI is InChI=1S/C57H43N3/c1-3-14-38(15-4-1)45-36-52(40-17-5-2-6-18-40)58-53(37-45)44-20-13-21-46(33-44)59-54-24-11-9-22-48(54)50-34-42(27-30-56(50)59)43-28-31-57-51(35-43)49-23-10-12-25-55(49)60(57)47-29-26-39-16-7-8-19-41(39)32-47/h1,3-5,7-28,30-37,47,52,58H,2,6,29H2. The van der Waals surface area contributed by atoms with E-state index >= 15 is 0 Å². The van der Waals surface area contributed by atoms with E-state index in [0.717, 1.165) is 30.6 Å². The topological polar surface area (TPSA) is 21.9 Å². The highest BCUT2D eigenvalue weighted by Crippen LogP contribution is 2.40. The smallest absolute Gasteiger partial charge is 0.0704 e. The van der Waals surface area contributed by atoms with Crippen LogP contribution in [0.5, 0.6) is 0 Å². The minimum Gasteiger partial charge on any atom is -0.374 e. The third kappa shape index (κ3) is 5.80. The van der Waals surface area contributed by atoms with Crippen LogP contribution in [0.2, 0.25) is 0 Å². The predicted octanol–water partition coefficient (Wildman–Crippen LogP) is 12.4. The lowest BCUT2D eigenvalue weighted by molar-refractivity contribution is 0.694. The SMILES string of the molecule is C1=CC(C2C=C(c3ccccc3)C=C(c3cccc(-n4c5ccccc5c5cc(-c6ccc7c(c6)c6ccccc6n7C6C=c7ccccc7=CC6)ccc54)c3)N2)=CCC1. The highest BCUT2D eigenvalue weighted by Gasteiger charge is 2.22. The molecule has 12 rings (SSSR count). The minimum atomic E-state index is 0.101. The van der Waals surface area contributed by atoms with Gasteiger partial charge in [-0.15, -0.1) is 0 Å². The molecule has 1 N–H and O–H groups in total. The molecule has 0 fully saturated rings. The number of aromatic nitrogens is 2. The Balaban J connectivity index is 0.951. The third-order valence-electron chi connectivity index (χ3n) is 12.9. The Hall–Kier alpha value is -7.36. The number of allylic oxidation sites excluding steroid dienone is 4. The summed E-state index contributed by atoms with van der Waals surface area (Å²) in [6, 6.07) is 60.7. The summed E-state index contributed by atoms with van der Waals surface area (Å²) < 4.78 is 4.99. The van der Waals surface area contributed by atoms with Gasteiger partial charge in [-0.25, -0.2) is 0 Å². The molecule has 0 amide bonds. The highest BCUT2D eigenvalue weighted by atomic mass is 15.0. The summed E-state index contributed by atoms with van der Waals surface area (Å²) in [4.78, 5) is 0. The number of dihydropyridines is 1. The van der Waals surface area contributed by atoms with Crippen molar-refractivity contribution in [2.24, 2.45) is 0 Å². The Bertz CT molecular complexity index is 3440. The first-order valence-corrected chi connectivity index (χ1v) is 21.3. The Morgan fingerprint density at radius 2 is 1.15 bits per heavy atom. The predicted molar refractivity (Wildman–Crippen MR) is 253 cm³/mol. The molecule has 2 unspecified atom stereocenters. The van der Waals surface area contributed by atoms with Crippen LogP contribution in [-0.2, 0) is 0 Å². The molecule has 0 saturated carbocycles. The van der Waals surface area contributed by atoms with Crippen molar-refractivity contribution in [1.82, 2.24) is 14.5 Å². The number of nitrogens with zero attached hydrogens (tertiary/aromatic N) is 2. The number of benzene rings is 7. The van der Waals surface area contributed by atoms with E-state index in [9.17, 15) is 0 Å². The molecular formula is C57H43N3. The van der Waals surface area contributed by atoms with E-state index < -0.39 is 0 Å². The van der Waals surface area contributed by atoms with Gasteiger partial charge in [-0.1, -0.05) is 146 Å². The fourth-order valence-electron chi connectivity index (χ4n) is 9.99. The molecule has 3 heteroatoms. The van der Waals surface area contributed by atoms with Crippen molar-refractivity contribution in [1.29, 1.82) is 0 Å². The van der Waals surface area contributed by atoms with Gasteiger partial charge in [-0.3, -0.25) is 0 Å². The maximum absolute atomic E-state index is 3.91. The van der Waals surface area contributed by atoms with E-state index in [1.165, 1.54) is 87.4 Å². The highest BCUT2D eigenvalue weighted by molar-refractivity contribution is 6.12. The van der Waals surface area contributed by atoms with Crippen LogP contribution in [-0.4, -0.2) is 15.2 Å². The second-order valence-corrected chi connectivity index (χ2v) is 16.4. The Kier molecular flexibility index (Phi) is 8.19. The van der Waals surface area contributed by atoms with Crippen LogP contribution in [0.4, 0.5) is 0 Å². The molecule has 0 spiro atoms. The normalized spacial score (nSPS) is 17.4. The number of rotatable bonds is 6. The Morgan fingerprint density at radius 3 is 1.97 bits per heavy atom. The molecule has 9 aromatic rings. The molecule has 0 bridgehead atoms. The van der Waals surface area contributed by atoms with Crippen molar-refractivity contribution in [2.75, 3.05) is 0 Å². The average molecular weight is 770 g/mol. The fraction of sp³-hybridized carbons (Fsp3) is 0.0877. The van der Waals surface area contributed by atoms with E-state index in [1.807, 2.05) is 0 Å². The zero-order valence-corrected chi connectivity index (χ0v) is 33.3. The van der Waals surface area contributed by atoms with Gasteiger partial charge in [0.1, 0.15) is 0 Å². The second-order valence-electron chi connectivity index (χ2n) is 16.4. The molecule has 2 atom stereocenters. The van der Waals surface area contributed by atoms with Gasteiger partial charge in [-0.2, -0.15) is 0 Å². The van der Waals surface area contributed by atoms with Gasteiger partial charge in [0.15, 0.2) is 0 Å². The first kappa shape index (κ1) is 34.7. The number of fused-ring (bicyclic) bond motifs is 7. The van der Waals surface area contributed by atoms with E-state index in [-0.39, 0.29) is 12.1 Å². The van der Waals surface area contributed by atoms with Gasteiger partial charge in [-0.05, 0) is 124 Å². The average Bonchev–Trinajstić information content (AvgIpc) is 3.84. The lowest BCUT2D eigenvalue weighted by atomic mass is 9.91. The quantitative estimate of drug-likeness (QED) is 0.179. The van der Waals surface area contributed by atoms with E-state index in [0.29, 0.717) is 0 Å². The maximum atomic E-state index is 3.91. The first-order chi connectivity index (χ1) is 29.7. The lowest BCUT2D eigenvalue weighted by Crippen LogP contribution is -2.30. The van der Waals surface area contributed by atoms with Crippen LogP contribution in [0, 0.1) is 0 Å². The lowest BCUT2D eigenvalue weighted by Gasteiger charge is -2.27. The zero-order chi connectivity index (χ0) is 39.6. The van der Waals surface area contributed by atoms with Crippen molar-refractivity contribution in [3.8, 4) is 16.8 Å². The fourth-order valence-corrected chi connectivity index (χ4v) is 9.99. The molecule has 2 aliphatic carbocycles. The monoisotopic (exact) mass is 769 g/mol. The van der Waals surface area contributed by atoms with Gasteiger partial charge >= 0.3 is 0 Å². The van der Waals surface area contributed by atoms with Crippen molar-refractivity contribution >= 4 is 67.0 Å². The third-order valence-corrected chi connectivity index (χ3v) is 12.9. The molecule has 2 aromatic heterocycles. The molecule has 60 heavy (non-hydrogen) atoms. The minimum absolute atomic E-state index is 0.101. The van der Waals surface area contributed by atoms with Gasteiger partial charge < -0.3 is 14.5 Å². The molecule has 0 saturated heterocycles. The Labute approximate surface area is 349 Å². The summed E-state index contributed by atoms with van der Waals surface area (Å²) in [5.74, 6) is 0. The summed E-state index contributed by atoms with van der Waals surface area (Å²) in [7, 11) is 0. The van der Waals surface area contributed by atoms with Gasteiger partial charge in [0, 0.05) is 44.0 Å². The molecule has 3 heterocycles. The first-order valence-electron chi connectivity index (χ1n) is 21.3. The number of hydrogen-bond donors (Lipinski definition) is 1. The van der Waals surface area contributed by atoms with Crippen molar-refractivity contribution < 1.29 is 0 Å². The van der Waals surface area contributed by atoms with E-state index in [4.69, 9.17) is 0 Å². The number of hydrogen-bond acceptors (Lipinski definition) is 1. The van der Waals surface area contributed by atoms with Crippen molar-refractivity contribution in [2.45, 2.75) is 31.3 Å². The summed E-state index contributed by atoms with van der Waals surface area (Å²) >= 11 is 0.